The maximum absolute atomic E-state index is 9.29. The monoisotopic (exact) mass is 170 g/mol. The van der Waals surface area contributed by atoms with Crippen LogP contribution < -0.4 is 0 Å². The fraction of sp³-hybridized carbons (Fsp3) is 0.600. The van der Waals surface area contributed by atoms with Crippen LogP contribution in [0.1, 0.15) is 33.6 Å². The minimum atomic E-state index is -0.725. The average molecular weight is 170 g/mol. The smallest absolute Gasteiger partial charge is 0.0780 e. The first-order valence-corrected chi connectivity index (χ1v) is 4.15. The molecular weight excluding hydrogens is 152 g/mol. The summed E-state index contributed by atoms with van der Waals surface area (Å²) in [7, 11) is 0. The van der Waals surface area contributed by atoms with Crippen molar-refractivity contribution in [3.05, 3.63) is 24.0 Å². The minimum absolute atomic E-state index is 0.725. The van der Waals surface area contributed by atoms with Gasteiger partial charge in [-0.05, 0) is 39.2 Å². The largest absolute Gasteiger partial charge is 0.516 e. The first-order chi connectivity index (χ1) is 5.45. The van der Waals surface area contributed by atoms with Gasteiger partial charge in [-0.25, -0.2) is 0 Å². The van der Waals surface area contributed by atoms with Gasteiger partial charge in [0.05, 0.1) is 11.9 Å². The van der Waals surface area contributed by atoms with Gasteiger partial charge in [-0.1, -0.05) is 12.2 Å². The Hall–Kier alpha value is -0.760. The zero-order chi connectivity index (χ0) is 9.61. The van der Waals surface area contributed by atoms with Crippen LogP contribution in [-0.4, -0.2) is 15.8 Å². The molecule has 0 saturated heterocycles. The van der Waals surface area contributed by atoms with Crippen LogP contribution in [0.3, 0.4) is 0 Å². The van der Waals surface area contributed by atoms with Crippen LogP contribution in [0.15, 0.2) is 24.0 Å². The standard InChI is InChI=1S/C10H18O2/c1-9(8-11)6-4-5-7-10(2,3)12/h5,7-8,11-12H,4,6H2,1-3H3. The molecule has 0 heterocycles. The van der Waals surface area contributed by atoms with Crippen molar-refractivity contribution < 1.29 is 10.2 Å². The number of hydrogen-bond acceptors (Lipinski definition) is 2. The van der Waals surface area contributed by atoms with Crippen molar-refractivity contribution in [1.82, 2.24) is 0 Å². The average Bonchev–Trinajstić information content (AvgIpc) is 1.96. The van der Waals surface area contributed by atoms with Crippen molar-refractivity contribution in [1.29, 1.82) is 0 Å². The van der Waals surface area contributed by atoms with E-state index in [9.17, 15) is 5.11 Å². The zero-order valence-electron chi connectivity index (χ0n) is 8.04. The van der Waals surface area contributed by atoms with Gasteiger partial charge in [-0.3, -0.25) is 0 Å². The van der Waals surface area contributed by atoms with Gasteiger partial charge < -0.3 is 10.2 Å². The Kier molecular flexibility index (Phi) is 4.67. The van der Waals surface area contributed by atoms with Gasteiger partial charge in [0, 0.05) is 0 Å². The Morgan fingerprint density at radius 3 is 2.42 bits per heavy atom. The molecule has 0 spiro atoms. The Balaban J connectivity index is 3.64. The number of hydrogen-bond donors (Lipinski definition) is 2. The molecule has 0 atom stereocenters. The fourth-order valence-electron chi connectivity index (χ4n) is 0.747. The third-order valence-electron chi connectivity index (χ3n) is 1.45. The lowest BCUT2D eigenvalue weighted by molar-refractivity contribution is 0.133. The topological polar surface area (TPSA) is 40.5 Å². The van der Waals surface area contributed by atoms with E-state index in [1.165, 1.54) is 0 Å². The lowest BCUT2D eigenvalue weighted by atomic mass is 10.1. The Morgan fingerprint density at radius 1 is 1.42 bits per heavy atom. The quantitative estimate of drug-likeness (QED) is 0.503. The van der Waals surface area contributed by atoms with Gasteiger partial charge in [0.25, 0.3) is 0 Å². The van der Waals surface area contributed by atoms with E-state index in [0.717, 1.165) is 24.7 Å². The second-order valence-corrected chi connectivity index (χ2v) is 3.57. The molecule has 2 heteroatoms. The molecule has 0 saturated carbocycles. The van der Waals surface area contributed by atoms with Crippen LogP contribution in [0.5, 0.6) is 0 Å². The summed E-state index contributed by atoms with van der Waals surface area (Å²) in [4.78, 5) is 0. The number of allylic oxidation sites excluding steroid dienone is 2. The molecule has 0 aromatic heterocycles. The molecule has 0 radical (unpaired) electrons. The summed E-state index contributed by atoms with van der Waals surface area (Å²) in [5.41, 5.74) is 0.229. The van der Waals surface area contributed by atoms with Crippen LogP contribution in [-0.2, 0) is 0 Å². The van der Waals surface area contributed by atoms with Crippen molar-refractivity contribution in [3.63, 3.8) is 0 Å². The molecule has 0 fully saturated rings. The molecule has 0 rings (SSSR count). The summed E-state index contributed by atoms with van der Waals surface area (Å²) in [6.07, 6.45) is 6.50. The summed E-state index contributed by atoms with van der Waals surface area (Å²) in [5.74, 6) is 0. The predicted molar refractivity (Wildman–Crippen MR) is 51.1 cm³/mol. The summed E-state index contributed by atoms with van der Waals surface area (Å²) in [6.45, 7) is 5.34. The highest BCUT2D eigenvalue weighted by Gasteiger charge is 2.04. The number of rotatable bonds is 4. The summed E-state index contributed by atoms with van der Waals surface area (Å²) >= 11 is 0. The van der Waals surface area contributed by atoms with Gasteiger partial charge in [-0.15, -0.1) is 0 Å². The molecule has 70 valence electrons. The number of aliphatic hydroxyl groups excluding tert-OH is 1. The third kappa shape index (κ3) is 7.35. The van der Waals surface area contributed by atoms with Crippen LogP contribution in [0, 0.1) is 0 Å². The minimum Gasteiger partial charge on any atom is -0.516 e. The maximum Gasteiger partial charge on any atom is 0.0780 e. The van der Waals surface area contributed by atoms with Crippen molar-refractivity contribution in [2.75, 3.05) is 0 Å². The third-order valence-corrected chi connectivity index (χ3v) is 1.45. The molecule has 12 heavy (non-hydrogen) atoms. The van der Waals surface area contributed by atoms with Crippen molar-refractivity contribution in [2.45, 2.75) is 39.2 Å². The molecule has 2 nitrogen and oxygen atoms in total. The van der Waals surface area contributed by atoms with E-state index in [-0.39, 0.29) is 0 Å². The van der Waals surface area contributed by atoms with E-state index < -0.39 is 5.60 Å². The van der Waals surface area contributed by atoms with Crippen molar-refractivity contribution >= 4 is 0 Å². The molecule has 0 amide bonds. The van der Waals surface area contributed by atoms with Gasteiger partial charge in [0.2, 0.25) is 0 Å². The summed E-state index contributed by atoms with van der Waals surface area (Å²) < 4.78 is 0. The van der Waals surface area contributed by atoms with Gasteiger partial charge in [0.15, 0.2) is 0 Å². The summed E-state index contributed by atoms with van der Waals surface area (Å²) in [5, 5.41) is 17.8. The Morgan fingerprint density at radius 2 is 2.00 bits per heavy atom. The van der Waals surface area contributed by atoms with Crippen molar-refractivity contribution in [3.8, 4) is 0 Å². The van der Waals surface area contributed by atoms with Crippen LogP contribution in [0.25, 0.3) is 0 Å². The lowest BCUT2D eigenvalue weighted by Crippen LogP contribution is -2.13. The van der Waals surface area contributed by atoms with E-state index in [2.05, 4.69) is 0 Å². The fourth-order valence-corrected chi connectivity index (χ4v) is 0.747. The highest BCUT2D eigenvalue weighted by Crippen LogP contribution is 2.07. The number of aliphatic hydroxyl groups is 2. The Bertz CT molecular complexity index is 173. The second-order valence-electron chi connectivity index (χ2n) is 3.57. The van der Waals surface area contributed by atoms with Gasteiger partial charge >= 0.3 is 0 Å². The van der Waals surface area contributed by atoms with E-state index >= 15 is 0 Å². The van der Waals surface area contributed by atoms with Crippen LogP contribution in [0.2, 0.25) is 0 Å². The van der Waals surface area contributed by atoms with Crippen LogP contribution in [0.4, 0.5) is 0 Å². The second kappa shape index (κ2) is 4.99. The molecular formula is C10H18O2. The van der Waals surface area contributed by atoms with E-state index in [1.54, 1.807) is 19.9 Å². The molecule has 0 bridgehead atoms. The molecule has 0 aliphatic rings. The summed E-state index contributed by atoms with van der Waals surface area (Å²) in [6, 6.07) is 0. The molecule has 0 aromatic carbocycles. The van der Waals surface area contributed by atoms with Crippen molar-refractivity contribution in [2.24, 2.45) is 0 Å². The van der Waals surface area contributed by atoms with E-state index in [4.69, 9.17) is 5.11 Å². The normalized spacial score (nSPS) is 14.2. The molecule has 0 aromatic rings. The molecule has 0 aliphatic carbocycles. The maximum atomic E-state index is 9.29. The van der Waals surface area contributed by atoms with Gasteiger partial charge in [-0.2, -0.15) is 0 Å². The van der Waals surface area contributed by atoms with Crippen LogP contribution >= 0.6 is 0 Å². The highest BCUT2D eigenvalue weighted by atomic mass is 16.3. The molecule has 0 unspecified atom stereocenters. The molecule has 2 N–H and O–H groups in total. The lowest BCUT2D eigenvalue weighted by Gasteiger charge is -2.09. The zero-order valence-corrected chi connectivity index (χ0v) is 8.04. The molecule has 0 aliphatic heterocycles. The first-order valence-electron chi connectivity index (χ1n) is 4.15. The van der Waals surface area contributed by atoms with Gasteiger partial charge in [0.1, 0.15) is 0 Å². The van der Waals surface area contributed by atoms with E-state index in [1.807, 2.05) is 13.0 Å². The van der Waals surface area contributed by atoms with E-state index in [0.29, 0.717) is 0 Å². The highest BCUT2D eigenvalue weighted by molar-refractivity contribution is 4.99. The first kappa shape index (κ1) is 11.2. The Labute approximate surface area is 74.2 Å². The predicted octanol–water partition coefficient (Wildman–Crippen LogP) is 2.56. The SMILES string of the molecule is CC(=CO)CCC=CC(C)(C)O.